The van der Waals surface area contributed by atoms with E-state index >= 15 is 0 Å². The van der Waals surface area contributed by atoms with Gasteiger partial charge in [0.05, 0.1) is 6.04 Å². The summed E-state index contributed by atoms with van der Waals surface area (Å²) in [4.78, 5) is 0. The molecule has 0 amide bonds. The Kier molecular flexibility index (Phi) is 4.13. The van der Waals surface area contributed by atoms with E-state index in [0.29, 0.717) is 6.04 Å². The summed E-state index contributed by atoms with van der Waals surface area (Å²) < 4.78 is 5.93. The Morgan fingerprint density at radius 2 is 2.12 bits per heavy atom. The molecule has 0 bridgehead atoms. The monoisotopic (exact) mass is 237 g/mol. The number of aryl methyl sites for hydroxylation is 2. The predicted octanol–water partition coefficient (Wildman–Crippen LogP) is 2.39. The molecule has 1 N–H and O–H groups in total. The van der Waals surface area contributed by atoms with Crippen molar-refractivity contribution in [3.05, 3.63) is 29.3 Å². The first-order valence-electron chi connectivity index (χ1n) is 5.77. The lowest BCUT2D eigenvalue weighted by Crippen LogP contribution is -2.41. The Labute approximate surface area is 102 Å². The zero-order chi connectivity index (χ0) is 11.4. The molecule has 1 aliphatic rings. The second kappa shape index (κ2) is 5.60. The highest BCUT2D eigenvalue weighted by atomic mass is 32.2. The quantitative estimate of drug-likeness (QED) is 0.872. The van der Waals surface area contributed by atoms with Gasteiger partial charge in [-0.15, -0.1) is 0 Å². The van der Waals surface area contributed by atoms with Crippen molar-refractivity contribution in [2.45, 2.75) is 19.9 Å². The molecule has 3 heteroatoms. The molecule has 2 nitrogen and oxygen atoms in total. The maximum absolute atomic E-state index is 5.93. The molecule has 0 aromatic heterocycles. The largest absolute Gasteiger partial charge is 0.491 e. The molecule has 1 heterocycles. The van der Waals surface area contributed by atoms with Gasteiger partial charge in [0.15, 0.2) is 0 Å². The van der Waals surface area contributed by atoms with Crippen molar-refractivity contribution in [2.75, 3.05) is 24.7 Å². The molecule has 0 aliphatic carbocycles. The minimum Gasteiger partial charge on any atom is -0.491 e. The molecule has 1 atom stereocenters. The van der Waals surface area contributed by atoms with E-state index in [9.17, 15) is 0 Å². The smallest absolute Gasteiger partial charge is 0.125 e. The first-order valence-corrected chi connectivity index (χ1v) is 6.93. The van der Waals surface area contributed by atoms with Crippen molar-refractivity contribution in [2.24, 2.45) is 0 Å². The van der Waals surface area contributed by atoms with Crippen molar-refractivity contribution >= 4 is 11.8 Å². The molecule has 1 aromatic carbocycles. The third kappa shape index (κ3) is 2.92. The zero-order valence-electron chi connectivity index (χ0n) is 9.95. The summed E-state index contributed by atoms with van der Waals surface area (Å²) in [6.45, 7) is 6.08. The minimum atomic E-state index is 0.498. The summed E-state index contributed by atoms with van der Waals surface area (Å²) in [6.07, 6.45) is 0. The van der Waals surface area contributed by atoms with Gasteiger partial charge in [-0.1, -0.05) is 18.2 Å². The Morgan fingerprint density at radius 1 is 1.38 bits per heavy atom. The molecule has 1 saturated heterocycles. The van der Waals surface area contributed by atoms with Crippen molar-refractivity contribution < 1.29 is 4.74 Å². The summed E-state index contributed by atoms with van der Waals surface area (Å²) in [6, 6.07) is 6.78. The van der Waals surface area contributed by atoms with E-state index in [4.69, 9.17) is 4.74 Å². The average molecular weight is 237 g/mol. The molecule has 1 aromatic rings. The lowest BCUT2D eigenvalue weighted by molar-refractivity contribution is 0.272. The number of hydrogen-bond donors (Lipinski definition) is 1. The van der Waals surface area contributed by atoms with Gasteiger partial charge in [0.1, 0.15) is 12.4 Å². The summed E-state index contributed by atoms with van der Waals surface area (Å²) in [5.41, 5.74) is 2.45. The third-order valence-corrected chi connectivity index (χ3v) is 3.97. The minimum absolute atomic E-state index is 0.498. The molecule has 1 fully saturated rings. The van der Waals surface area contributed by atoms with Crippen LogP contribution in [0.3, 0.4) is 0 Å². The highest BCUT2D eigenvalue weighted by molar-refractivity contribution is 7.99. The Morgan fingerprint density at radius 3 is 2.75 bits per heavy atom. The molecular weight excluding hydrogens is 218 g/mol. The number of thioether (sulfide) groups is 1. The van der Waals surface area contributed by atoms with Crippen LogP contribution in [0.1, 0.15) is 11.1 Å². The van der Waals surface area contributed by atoms with Crippen molar-refractivity contribution in [3.8, 4) is 5.75 Å². The lowest BCUT2D eigenvalue weighted by Gasteiger charge is -2.24. The Balaban J connectivity index is 1.93. The predicted molar refractivity (Wildman–Crippen MR) is 70.5 cm³/mol. The molecular formula is C13H19NOS. The van der Waals surface area contributed by atoms with Crippen LogP contribution in [0.25, 0.3) is 0 Å². The number of nitrogens with one attached hydrogen (secondary N) is 1. The van der Waals surface area contributed by atoms with E-state index in [1.54, 1.807) is 0 Å². The summed E-state index contributed by atoms with van der Waals surface area (Å²) in [5.74, 6) is 3.44. The summed E-state index contributed by atoms with van der Waals surface area (Å²) >= 11 is 2.00. The van der Waals surface area contributed by atoms with Gasteiger partial charge in [-0.2, -0.15) is 11.8 Å². The van der Waals surface area contributed by atoms with Gasteiger partial charge in [0.25, 0.3) is 0 Å². The number of benzene rings is 1. The van der Waals surface area contributed by atoms with Crippen molar-refractivity contribution in [1.29, 1.82) is 0 Å². The maximum atomic E-state index is 5.93. The van der Waals surface area contributed by atoms with E-state index in [1.807, 2.05) is 11.8 Å². The molecule has 1 unspecified atom stereocenters. The van der Waals surface area contributed by atoms with Gasteiger partial charge >= 0.3 is 0 Å². The van der Waals surface area contributed by atoms with Gasteiger partial charge in [0, 0.05) is 18.1 Å². The van der Waals surface area contributed by atoms with Crippen LogP contribution < -0.4 is 10.1 Å². The fourth-order valence-corrected chi connectivity index (χ4v) is 2.86. The van der Waals surface area contributed by atoms with Crippen LogP contribution >= 0.6 is 11.8 Å². The van der Waals surface area contributed by atoms with Gasteiger partial charge in [0.2, 0.25) is 0 Å². The topological polar surface area (TPSA) is 21.3 Å². The summed E-state index contributed by atoms with van der Waals surface area (Å²) in [5, 5.41) is 3.48. The van der Waals surface area contributed by atoms with E-state index in [0.717, 1.165) is 24.7 Å². The van der Waals surface area contributed by atoms with E-state index < -0.39 is 0 Å². The van der Waals surface area contributed by atoms with Crippen LogP contribution in [0.4, 0.5) is 0 Å². The second-order valence-electron chi connectivity index (χ2n) is 4.26. The standard InChI is InChI=1S/C13H19NOS/c1-10-4-3-5-11(2)13(10)15-8-12-9-16-7-6-14-12/h3-5,12,14H,6-9H2,1-2H3. The fourth-order valence-electron chi connectivity index (χ4n) is 1.94. The molecule has 16 heavy (non-hydrogen) atoms. The zero-order valence-corrected chi connectivity index (χ0v) is 10.8. The molecule has 0 radical (unpaired) electrons. The van der Waals surface area contributed by atoms with Crippen LogP contribution in [-0.2, 0) is 0 Å². The highest BCUT2D eigenvalue weighted by Gasteiger charge is 2.14. The maximum Gasteiger partial charge on any atom is 0.125 e. The van der Waals surface area contributed by atoms with E-state index in [2.05, 4.69) is 37.4 Å². The number of rotatable bonds is 3. The van der Waals surface area contributed by atoms with Crippen molar-refractivity contribution in [1.82, 2.24) is 5.32 Å². The van der Waals surface area contributed by atoms with Gasteiger partial charge < -0.3 is 10.1 Å². The number of ether oxygens (including phenoxy) is 1. The lowest BCUT2D eigenvalue weighted by atomic mass is 10.1. The number of hydrogen-bond acceptors (Lipinski definition) is 3. The van der Waals surface area contributed by atoms with E-state index in [-0.39, 0.29) is 0 Å². The third-order valence-electron chi connectivity index (χ3n) is 2.84. The normalized spacial score (nSPS) is 20.8. The van der Waals surface area contributed by atoms with Gasteiger partial charge in [-0.25, -0.2) is 0 Å². The molecule has 0 spiro atoms. The van der Waals surface area contributed by atoms with Crippen LogP contribution in [0.2, 0.25) is 0 Å². The molecule has 1 aliphatic heterocycles. The Hall–Kier alpha value is -0.670. The second-order valence-corrected chi connectivity index (χ2v) is 5.41. The van der Waals surface area contributed by atoms with Gasteiger partial charge in [-0.05, 0) is 25.0 Å². The average Bonchev–Trinajstić information content (AvgIpc) is 2.30. The van der Waals surface area contributed by atoms with E-state index in [1.165, 1.54) is 16.9 Å². The summed E-state index contributed by atoms with van der Waals surface area (Å²) in [7, 11) is 0. The van der Waals surface area contributed by atoms with Gasteiger partial charge in [-0.3, -0.25) is 0 Å². The highest BCUT2D eigenvalue weighted by Crippen LogP contribution is 2.22. The molecule has 2 rings (SSSR count). The molecule has 88 valence electrons. The van der Waals surface area contributed by atoms with Crippen LogP contribution in [-0.4, -0.2) is 30.7 Å². The Bertz CT molecular complexity index is 328. The first-order chi connectivity index (χ1) is 7.77. The van der Waals surface area contributed by atoms with Crippen LogP contribution in [0, 0.1) is 13.8 Å². The fraction of sp³-hybridized carbons (Fsp3) is 0.538. The molecule has 0 saturated carbocycles. The number of para-hydroxylation sites is 1. The SMILES string of the molecule is Cc1cccc(C)c1OCC1CSCCN1. The van der Waals surface area contributed by atoms with Crippen LogP contribution in [0.5, 0.6) is 5.75 Å². The van der Waals surface area contributed by atoms with Crippen molar-refractivity contribution in [3.63, 3.8) is 0 Å². The first kappa shape index (κ1) is 11.8. The van der Waals surface area contributed by atoms with Crippen LogP contribution in [0.15, 0.2) is 18.2 Å².